The van der Waals surface area contributed by atoms with Gasteiger partial charge in [0, 0.05) is 38.8 Å². The molecular weight excluding hydrogens is 398 g/mol. The van der Waals surface area contributed by atoms with Gasteiger partial charge in [-0.2, -0.15) is 4.31 Å². The summed E-state index contributed by atoms with van der Waals surface area (Å²) in [5.41, 5.74) is 1.00. The minimum atomic E-state index is -3.35. The van der Waals surface area contributed by atoms with Crippen molar-refractivity contribution in [2.45, 2.75) is 63.4 Å². The summed E-state index contributed by atoms with van der Waals surface area (Å²) in [5, 5.41) is 6.90. The van der Waals surface area contributed by atoms with E-state index in [9.17, 15) is 8.42 Å². The number of sulfonamides is 1. The molecule has 0 amide bonds. The molecule has 2 fully saturated rings. The summed E-state index contributed by atoms with van der Waals surface area (Å²) in [5.74, 6) is 0.834. The third-order valence-electron chi connectivity index (χ3n) is 5.86. The first-order valence-electron chi connectivity index (χ1n) is 11.4. The summed E-state index contributed by atoms with van der Waals surface area (Å²) in [6.45, 7) is 10.3. The second kappa shape index (κ2) is 11.1. The van der Waals surface area contributed by atoms with Gasteiger partial charge in [-0.1, -0.05) is 19.1 Å². The number of hydrogen-bond acceptors (Lipinski definition) is 4. The van der Waals surface area contributed by atoms with Gasteiger partial charge >= 0.3 is 0 Å². The number of benzene rings is 1. The molecular formula is C22H37N5O2S. The maximum absolute atomic E-state index is 12.7. The molecule has 168 valence electrons. The fraction of sp³-hybridized carbons (Fsp3) is 0.682. The molecule has 2 heterocycles. The van der Waals surface area contributed by atoms with Crippen LogP contribution in [0.2, 0.25) is 0 Å². The van der Waals surface area contributed by atoms with Gasteiger partial charge in [0.2, 0.25) is 10.0 Å². The first kappa shape index (κ1) is 23.0. The number of piperidine rings is 1. The van der Waals surface area contributed by atoms with E-state index in [1.807, 2.05) is 12.1 Å². The van der Waals surface area contributed by atoms with Crippen LogP contribution in [0.5, 0.6) is 0 Å². The van der Waals surface area contributed by atoms with Crippen molar-refractivity contribution in [3.8, 4) is 0 Å². The molecule has 2 aliphatic heterocycles. The standard InChI is InChI=1S/C22H37N5O2S/c1-3-13-26-16-11-20(12-17-26)25-22(23-4-2)24-18-19-7-9-21(10-8-19)30(28,29)27-14-5-6-15-27/h7-10,20H,3-6,11-18H2,1-2H3,(H2,23,24,25). The molecule has 0 spiro atoms. The van der Waals surface area contributed by atoms with Gasteiger partial charge in [0.25, 0.3) is 0 Å². The van der Waals surface area contributed by atoms with Crippen molar-refractivity contribution < 1.29 is 8.42 Å². The average Bonchev–Trinajstić information content (AvgIpc) is 3.30. The Morgan fingerprint density at radius 2 is 1.73 bits per heavy atom. The Morgan fingerprint density at radius 1 is 1.07 bits per heavy atom. The van der Waals surface area contributed by atoms with Crippen molar-refractivity contribution in [1.29, 1.82) is 0 Å². The van der Waals surface area contributed by atoms with Crippen LogP contribution in [-0.4, -0.2) is 68.9 Å². The van der Waals surface area contributed by atoms with E-state index in [4.69, 9.17) is 4.99 Å². The van der Waals surface area contributed by atoms with Gasteiger partial charge in [0.05, 0.1) is 11.4 Å². The highest BCUT2D eigenvalue weighted by atomic mass is 32.2. The average molecular weight is 436 g/mol. The van der Waals surface area contributed by atoms with Crippen LogP contribution in [-0.2, 0) is 16.6 Å². The van der Waals surface area contributed by atoms with Gasteiger partial charge in [0.15, 0.2) is 5.96 Å². The summed E-state index contributed by atoms with van der Waals surface area (Å²) in [6, 6.07) is 7.62. The number of likely N-dealkylation sites (tertiary alicyclic amines) is 1. The summed E-state index contributed by atoms with van der Waals surface area (Å²) in [7, 11) is -3.35. The van der Waals surface area contributed by atoms with E-state index in [0.717, 1.165) is 56.8 Å². The van der Waals surface area contributed by atoms with E-state index in [-0.39, 0.29) is 0 Å². The Labute approximate surface area is 182 Å². The lowest BCUT2D eigenvalue weighted by molar-refractivity contribution is 0.206. The van der Waals surface area contributed by atoms with Crippen LogP contribution >= 0.6 is 0 Å². The molecule has 2 aliphatic rings. The van der Waals surface area contributed by atoms with Crippen LogP contribution in [0.1, 0.15) is 51.5 Å². The Morgan fingerprint density at radius 3 is 2.33 bits per heavy atom. The fourth-order valence-electron chi connectivity index (χ4n) is 4.15. The Kier molecular flexibility index (Phi) is 8.53. The third-order valence-corrected chi connectivity index (χ3v) is 7.77. The van der Waals surface area contributed by atoms with Crippen molar-refractivity contribution in [2.24, 2.45) is 4.99 Å². The maximum Gasteiger partial charge on any atom is 0.243 e. The molecule has 0 bridgehead atoms. The lowest BCUT2D eigenvalue weighted by Gasteiger charge is -2.32. The van der Waals surface area contributed by atoms with E-state index in [2.05, 4.69) is 29.4 Å². The molecule has 0 atom stereocenters. The van der Waals surface area contributed by atoms with Crippen molar-refractivity contribution in [3.63, 3.8) is 0 Å². The predicted molar refractivity (Wildman–Crippen MR) is 122 cm³/mol. The zero-order valence-electron chi connectivity index (χ0n) is 18.4. The van der Waals surface area contributed by atoms with E-state index in [0.29, 0.717) is 30.6 Å². The topological polar surface area (TPSA) is 77.0 Å². The summed E-state index contributed by atoms with van der Waals surface area (Å²) >= 11 is 0. The van der Waals surface area contributed by atoms with Gasteiger partial charge in [-0.15, -0.1) is 0 Å². The molecule has 0 radical (unpaired) electrons. The lowest BCUT2D eigenvalue weighted by Crippen LogP contribution is -2.48. The number of guanidine groups is 1. The highest BCUT2D eigenvalue weighted by Gasteiger charge is 2.26. The second-order valence-electron chi connectivity index (χ2n) is 8.21. The Hall–Kier alpha value is -1.64. The van der Waals surface area contributed by atoms with Gasteiger partial charge in [-0.05, 0) is 63.3 Å². The van der Waals surface area contributed by atoms with E-state index in [1.54, 1.807) is 16.4 Å². The van der Waals surface area contributed by atoms with Crippen LogP contribution in [0, 0.1) is 0 Å². The first-order valence-corrected chi connectivity index (χ1v) is 12.8. The molecule has 2 N–H and O–H groups in total. The van der Waals surface area contributed by atoms with E-state index < -0.39 is 10.0 Å². The molecule has 0 aliphatic carbocycles. The highest BCUT2D eigenvalue weighted by molar-refractivity contribution is 7.89. The third kappa shape index (κ3) is 6.18. The molecule has 2 saturated heterocycles. The summed E-state index contributed by atoms with van der Waals surface area (Å²) in [6.07, 6.45) is 5.37. The van der Waals surface area contributed by atoms with Crippen molar-refractivity contribution in [1.82, 2.24) is 19.8 Å². The normalized spacial score (nSPS) is 19.9. The van der Waals surface area contributed by atoms with Gasteiger partial charge in [-0.3, -0.25) is 0 Å². The predicted octanol–water partition coefficient (Wildman–Crippen LogP) is 2.40. The molecule has 8 heteroatoms. The van der Waals surface area contributed by atoms with Gasteiger partial charge in [0.1, 0.15) is 0 Å². The van der Waals surface area contributed by atoms with Crippen LogP contribution in [0.25, 0.3) is 0 Å². The maximum atomic E-state index is 12.7. The molecule has 1 aromatic rings. The minimum absolute atomic E-state index is 0.376. The minimum Gasteiger partial charge on any atom is -0.357 e. The number of hydrogen-bond donors (Lipinski definition) is 2. The molecule has 0 aromatic heterocycles. The summed E-state index contributed by atoms with van der Waals surface area (Å²) in [4.78, 5) is 7.63. The highest BCUT2D eigenvalue weighted by Crippen LogP contribution is 2.21. The fourth-order valence-corrected chi connectivity index (χ4v) is 5.66. The quantitative estimate of drug-likeness (QED) is 0.484. The van der Waals surface area contributed by atoms with Crippen LogP contribution in [0.4, 0.5) is 0 Å². The van der Waals surface area contributed by atoms with Crippen LogP contribution < -0.4 is 10.6 Å². The number of nitrogens with zero attached hydrogens (tertiary/aromatic N) is 3. The summed E-state index contributed by atoms with van der Waals surface area (Å²) < 4.78 is 26.9. The zero-order valence-corrected chi connectivity index (χ0v) is 19.3. The SMILES string of the molecule is CCCN1CCC(NC(=NCc2ccc(S(=O)(=O)N3CCCC3)cc2)NCC)CC1. The van der Waals surface area contributed by atoms with Crippen molar-refractivity contribution >= 4 is 16.0 Å². The lowest BCUT2D eigenvalue weighted by atomic mass is 10.1. The van der Waals surface area contributed by atoms with E-state index >= 15 is 0 Å². The second-order valence-corrected chi connectivity index (χ2v) is 10.1. The number of nitrogens with one attached hydrogen (secondary N) is 2. The van der Waals surface area contributed by atoms with Crippen molar-refractivity contribution in [2.75, 3.05) is 39.3 Å². The number of aliphatic imine (C=N–C) groups is 1. The molecule has 0 saturated carbocycles. The molecule has 3 rings (SSSR count). The smallest absolute Gasteiger partial charge is 0.243 e. The monoisotopic (exact) mass is 435 g/mol. The van der Waals surface area contributed by atoms with Crippen molar-refractivity contribution in [3.05, 3.63) is 29.8 Å². The largest absolute Gasteiger partial charge is 0.357 e. The molecule has 30 heavy (non-hydrogen) atoms. The van der Waals surface area contributed by atoms with E-state index in [1.165, 1.54) is 13.0 Å². The Balaban J connectivity index is 1.57. The molecule has 7 nitrogen and oxygen atoms in total. The van der Waals surface area contributed by atoms with Gasteiger partial charge < -0.3 is 15.5 Å². The number of rotatable bonds is 8. The van der Waals surface area contributed by atoms with Gasteiger partial charge in [-0.25, -0.2) is 13.4 Å². The molecule has 1 aromatic carbocycles. The van der Waals surface area contributed by atoms with Crippen LogP contribution in [0.15, 0.2) is 34.2 Å². The Bertz CT molecular complexity index is 780. The first-order chi connectivity index (χ1) is 14.5. The zero-order chi connectivity index (χ0) is 21.4. The van der Waals surface area contributed by atoms with Crippen LogP contribution in [0.3, 0.4) is 0 Å². The molecule has 0 unspecified atom stereocenters.